The van der Waals surface area contributed by atoms with E-state index in [9.17, 15) is 4.79 Å². The highest BCUT2D eigenvalue weighted by Crippen LogP contribution is 2.10. The van der Waals surface area contributed by atoms with E-state index in [1.807, 2.05) is 24.3 Å². The van der Waals surface area contributed by atoms with Gasteiger partial charge in [0.1, 0.15) is 0 Å². The molecule has 92 valence electrons. The number of aryl methyl sites for hydroxylation is 1. The van der Waals surface area contributed by atoms with Crippen LogP contribution in [0.3, 0.4) is 0 Å². The number of carbonyl (C=O) groups is 1. The van der Waals surface area contributed by atoms with Gasteiger partial charge >= 0.3 is 0 Å². The smallest absolute Gasteiger partial charge is 0.251 e. The zero-order chi connectivity index (χ0) is 12.3. The Morgan fingerprint density at radius 3 is 2.59 bits per heavy atom. The molecular weight excluding hydrogens is 212 g/mol. The van der Waals surface area contributed by atoms with Crippen LogP contribution < -0.4 is 10.6 Å². The van der Waals surface area contributed by atoms with Crippen LogP contribution >= 0.6 is 0 Å². The highest BCUT2D eigenvalue weighted by Gasteiger charge is 2.24. The maximum Gasteiger partial charge on any atom is 0.251 e. The average molecular weight is 232 g/mol. The van der Waals surface area contributed by atoms with Crippen molar-refractivity contribution in [2.45, 2.75) is 26.3 Å². The van der Waals surface area contributed by atoms with Gasteiger partial charge in [0, 0.05) is 18.2 Å². The minimum Gasteiger partial charge on any atom is -0.348 e. The van der Waals surface area contributed by atoms with Gasteiger partial charge in [-0.3, -0.25) is 4.79 Å². The van der Waals surface area contributed by atoms with Crippen LogP contribution in [0.25, 0.3) is 0 Å². The Morgan fingerprint density at radius 2 is 2.06 bits per heavy atom. The van der Waals surface area contributed by atoms with E-state index >= 15 is 0 Å². The third-order valence-corrected chi connectivity index (χ3v) is 3.46. The lowest BCUT2D eigenvalue weighted by molar-refractivity contribution is 0.0933. The van der Waals surface area contributed by atoms with Gasteiger partial charge in [-0.1, -0.05) is 26.0 Å². The molecule has 2 unspecified atom stereocenters. The molecule has 3 heteroatoms. The third-order valence-electron chi connectivity index (χ3n) is 3.46. The lowest BCUT2D eigenvalue weighted by Gasteiger charge is -2.16. The minimum atomic E-state index is 0.0354. The Balaban J connectivity index is 1.99. The van der Waals surface area contributed by atoms with E-state index in [-0.39, 0.29) is 11.9 Å². The summed E-state index contributed by atoms with van der Waals surface area (Å²) in [6.07, 6.45) is 1.01. The molecule has 0 radical (unpaired) electrons. The van der Waals surface area contributed by atoms with Crippen molar-refractivity contribution >= 4 is 5.91 Å². The van der Waals surface area contributed by atoms with Crippen LogP contribution in [0.1, 0.15) is 29.8 Å². The predicted molar refractivity (Wildman–Crippen MR) is 69.1 cm³/mol. The zero-order valence-corrected chi connectivity index (χ0v) is 10.5. The molecule has 2 N–H and O–H groups in total. The molecule has 0 aromatic heterocycles. The molecule has 0 spiro atoms. The molecule has 1 saturated heterocycles. The SMILES string of the molecule is CCc1ccc(C(=O)NC2CNCC2C)cc1. The van der Waals surface area contributed by atoms with Gasteiger partial charge in [0.25, 0.3) is 5.91 Å². The molecule has 1 fully saturated rings. The molecular formula is C14H20N2O. The zero-order valence-electron chi connectivity index (χ0n) is 10.5. The Kier molecular flexibility index (Phi) is 3.79. The highest BCUT2D eigenvalue weighted by atomic mass is 16.1. The van der Waals surface area contributed by atoms with Crippen molar-refractivity contribution in [3.05, 3.63) is 35.4 Å². The quantitative estimate of drug-likeness (QED) is 0.831. The summed E-state index contributed by atoms with van der Waals surface area (Å²) >= 11 is 0. The van der Waals surface area contributed by atoms with Gasteiger partial charge in [-0.05, 0) is 36.6 Å². The van der Waals surface area contributed by atoms with Crippen molar-refractivity contribution in [3.8, 4) is 0 Å². The van der Waals surface area contributed by atoms with Crippen LogP contribution in [-0.4, -0.2) is 25.0 Å². The monoisotopic (exact) mass is 232 g/mol. The summed E-state index contributed by atoms with van der Waals surface area (Å²) in [6.45, 7) is 6.13. The van der Waals surface area contributed by atoms with E-state index < -0.39 is 0 Å². The second kappa shape index (κ2) is 5.32. The first kappa shape index (κ1) is 12.1. The Morgan fingerprint density at radius 1 is 1.35 bits per heavy atom. The van der Waals surface area contributed by atoms with Crippen LogP contribution in [0.5, 0.6) is 0 Å². The number of hydrogen-bond acceptors (Lipinski definition) is 2. The van der Waals surface area contributed by atoms with Crippen molar-refractivity contribution in [3.63, 3.8) is 0 Å². The third kappa shape index (κ3) is 2.86. The molecule has 2 rings (SSSR count). The Hall–Kier alpha value is -1.35. The number of hydrogen-bond donors (Lipinski definition) is 2. The van der Waals surface area contributed by atoms with Crippen LogP contribution in [0.4, 0.5) is 0 Å². The molecule has 0 aliphatic carbocycles. The molecule has 0 bridgehead atoms. The predicted octanol–water partition coefficient (Wildman–Crippen LogP) is 1.59. The molecule has 2 atom stereocenters. The summed E-state index contributed by atoms with van der Waals surface area (Å²) < 4.78 is 0. The number of amides is 1. The van der Waals surface area contributed by atoms with Gasteiger partial charge in [0.05, 0.1) is 0 Å². The molecule has 17 heavy (non-hydrogen) atoms. The fraction of sp³-hybridized carbons (Fsp3) is 0.500. The van der Waals surface area contributed by atoms with E-state index in [0.717, 1.165) is 25.1 Å². The first-order valence-electron chi connectivity index (χ1n) is 6.31. The standard InChI is InChI=1S/C14H20N2O/c1-3-11-4-6-12(7-5-11)14(17)16-13-9-15-8-10(13)2/h4-7,10,13,15H,3,8-9H2,1-2H3,(H,16,17). The fourth-order valence-corrected chi connectivity index (χ4v) is 2.15. The minimum absolute atomic E-state index is 0.0354. The number of benzene rings is 1. The van der Waals surface area contributed by atoms with E-state index in [4.69, 9.17) is 0 Å². The summed E-state index contributed by atoms with van der Waals surface area (Å²) in [5.41, 5.74) is 2.01. The van der Waals surface area contributed by atoms with E-state index in [1.54, 1.807) is 0 Å². The Labute approximate surface area is 103 Å². The first-order valence-corrected chi connectivity index (χ1v) is 6.31. The summed E-state index contributed by atoms with van der Waals surface area (Å²) in [6, 6.07) is 8.10. The summed E-state index contributed by atoms with van der Waals surface area (Å²) in [5.74, 6) is 0.544. The molecule has 1 aromatic rings. The van der Waals surface area contributed by atoms with Crippen LogP contribution in [0.15, 0.2) is 24.3 Å². The van der Waals surface area contributed by atoms with Crippen molar-refractivity contribution < 1.29 is 4.79 Å². The van der Waals surface area contributed by atoms with Gasteiger partial charge in [-0.25, -0.2) is 0 Å². The second-order valence-corrected chi connectivity index (χ2v) is 4.77. The van der Waals surface area contributed by atoms with Gasteiger partial charge in [-0.15, -0.1) is 0 Å². The number of rotatable bonds is 3. The maximum absolute atomic E-state index is 12.0. The van der Waals surface area contributed by atoms with Crippen LogP contribution in [0.2, 0.25) is 0 Å². The largest absolute Gasteiger partial charge is 0.348 e. The van der Waals surface area contributed by atoms with Crippen molar-refractivity contribution in [1.82, 2.24) is 10.6 Å². The molecule has 1 heterocycles. The van der Waals surface area contributed by atoms with Gasteiger partial charge < -0.3 is 10.6 Å². The van der Waals surface area contributed by atoms with Crippen molar-refractivity contribution in [1.29, 1.82) is 0 Å². The molecule has 1 amide bonds. The van der Waals surface area contributed by atoms with E-state index in [0.29, 0.717) is 5.92 Å². The molecule has 0 saturated carbocycles. The van der Waals surface area contributed by atoms with Crippen LogP contribution in [-0.2, 0) is 6.42 Å². The second-order valence-electron chi connectivity index (χ2n) is 4.77. The van der Waals surface area contributed by atoms with Gasteiger partial charge in [0.15, 0.2) is 0 Å². The lowest BCUT2D eigenvalue weighted by atomic mass is 10.1. The molecule has 1 aliphatic heterocycles. The number of nitrogens with one attached hydrogen (secondary N) is 2. The fourth-order valence-electron chi connectivity index (χ4n) is 2.15. The topological polar surface area (TPSA) is 41.1 Å². The van der Waals surface area contributed by atoms with E-state index in [2.05, 4.69) is 24.5 Å². The number of carbonyl (C=O) groups excluding carboxylic acids is 1. The van der Waals surface area contributed by atoms with Crippen LogP contribution in [0, 0.1) is 5.92 Å². The first-order chi connectivity index (χ1) is 8.20. The molecule has 1 aliphatic rings. The normalized spacial score (nSPS) is 23.6. The summed E-state index contributed by atoms with van der Waals surface area (Å²) in [7, 11) is 0. The van der Waals surface area contributed by atoms with E-state index in [1.165, 1.54) is 5.56 Å². The highest BCUT2D eigenvalue weighted by molar-refractivity contribution is 5.94. The lowest BCUT2D eigenvalue weighted by Crippen LogP contribution is -2.39. The summed E-state index contributed by atoms with van der Waals surface area (Å²) in [4.78, 5) is 12.0. The molecule has 1 aromatic carbocycles. The molecule has 3 nitrogen and oxygen atoms in total. The summed E-state index contributed by atoms with van der Waals surface area (Å²) in [5, 5.41) is 6.36. The average Bonchev–Trinajstić information content (AvgIpc) is 2.75. The van der Waals surface area contributed by atoms with Gasteiger partial charge in [0.2, 0.25) is 0 Å². The Bertz CT molecular complexity index is 386. The van der Waals surface area contributed by atoms with Crippen molar-refractivity contribution in [2.75, 3.05) is 13.1 Å². The van der Waals surface area contributed by atoms with Gasteiger partial charge in [-0.2, -0.15) is 0 Å². The maximum atomic E-state index is 12.0. The van der Waals surface area contributed by atoms with Crippen molar-refractivity contribution in [2.24, 2.45) is 5.92 Å².